The first-order valence-electron chi connectivity index (χ1n) is 4.44. The van der Waals surface area contributed by atoms with E-state index in [2.05, 4.69) is 31.9 Å². The fourth-order valence-electron chi connectivity index (χ4n) is 1.20. The van der Waals surface area contributed by atoms with E-state index in [0.29, 0.717) is 6.42 Å². The van der Waals surface area contributed by atoms with Crippen molar-refractivity contribution < 1.29 is 5.11 Å². The molecule has 0 unspecified atom stereocenters. The van der Waals surface area contributed by atoms with Crippen LogP contribution in [0.3, 0.4) is 0 Å². The molecule has 1 aromatic rings. The van der Waals surface area contributed by atoms with Gasteiger partial charge in [-0.25, -0.2) is 0 Å². The molecule has 0 fully saturated rings. The van der Waals surface area contributed by atoms with Crippen LogP contribution >= 0.6 is 44.3 Å². The summed E-state index contributed by atoms with van der Waals surface area (Å²) in [5, 5.41) is 9.59. The lowest BCUT2D eigenvalue weighted by Gasteiger charge is -2.18. The summed E-state index contributed by atoms with van der Waals surface area (Å²) in [4.78, 5) is 0. The van der Waals surface area contributed by atoms with Gasteiger partial charge in [-0.15, -0.1) is 12.4 Å². The molecule has 0 spiro atoms. The smallest absolute Gasteiger partial charge is 0.0730 e. The lowest BCUT2D eigenvalue weighted by atomic mass is 10.0. The molecule has 0 saturated heterocycles. The van der Waals surface area contributed by atoms with E-state index in [1.165, 1.54) is 0 Å². The van der Waals surface area contributed by atoms with E-state index in [4.69, 9.17) is 5.73 Å². The molecular weight excluding hydrogens is 345 g/mol. The highest BCUT2D eigenvalue weighted by atomic mass is 79.9. The van der Waals surface area contributed by atoms with Crippen LogP contribution in [-0.2, 0) is 0 Å². The zero-order valence-corrected chi connectivity index (χ0v) is 12.3. The number of hydrogen-bond donors (Lipinski definition) is 2. The molecule has 15 heavy (non-hydrogen) atoms. The molecule has 86 valence electrons. The first-order chi connectivity index (χ1) is 6.56. The van der Waals surface area contributed by atoms with Crippen molar-refractivity contribution in [2.45, 2.75) is 25.5 Å². The third-order valence-electron chi connectivity index (χ3n) is 2.16. The van der Waals surface area contributed by atoms with Crippen LogP contribution in [-0.4, -0.2) is 11.2 Å². The highest BCUT2D eigenvalue weighted by Gasteiger charge is 2.15. The van der Waals surface area contributed by atoms with Crippen molar-refractivity contribution in [3.8, 4) is 0 Å². The normalized spacial score (nSPS) is 14.2. The van der Waals surface area contributed by atoms with Crippen LogP contribution in [0.1, 0.15) is 24.9 Å². The predicted molar refractivity (Wildman–Crippen MR) is 72.3 cm³/mol. The maximum Gasteiger partial charge on any atom is 0.0730 e. The van der Waals surface area contributed by atoms with Crippen LogP contribution in [0.2, 0.25) is 0 Å². The molecule has 0 aliphatic rings. The van der Waals surface area contributed by atoms with Gasteiger partial charge in [-0.1, -0.05) is 13.0 Å². The first-order valence-corrected chi connectivity index (χ1v) is 6.03. The summed E-state index contributed by atoms with van der Waals surface area (Å²) in [6, 6.07) is 5.44. The molecule has 0 heterocycles. The Labute approximate surface area is 113 Å². The van der Waals surface area contributed by atoms with Crippen molar-refractivity contribution >= 4 is 44.3 Å². The second-order valence-corrected chi connectivity index (χ2v) is 4.88. The van der Waals surface area contributed by atoms with Gasteiger partial charge in [-0.2, -0.15) is 0 Å². The third kappa shape index (κ3) is 4.04. The predicted octanol–water partition coefficient (Wildman–Crippen LogP) is 3.40. The minimum absolute atomic E-state index is 0. The van der Waals surface area contributed by atoms with E-state index < -0.39 is 6.10 Å². The molecule has 0 amide bonds. The van der Waals surface area contributed by atoms with E-state index in [1.54, 1.807) is 0 Å². The Hall–Kier alpha value is 0.390. The summed E-state index contributed by atoms with van der Waals surface area (Å²) in [6.45, 7) is 1.92. The van der Waals surface area contributed by atoms with Crippen molar-refractivity contribution in [1.82, 2.24) is 0 Å². The number of halogens is 3. The Morgan fingerprint density at radius 2 is 1.93 bits per heavy atom. The average molecular weight is 359 g/mol. The largest absolute Gasteiger partial charge is 0.391 e. The van der Waals surface area contributed by atoms with E-state index >= 15 is 0 Å². The maximum atomic E-state index is 9.59. The number of benzene rings is 1. The zero-order valence-electron chi connectivity index (χ0n) is 8.28. The van der Waals surface area contributed by atoms with Gasteiger partial charge in [-0.05, 0) is 56.0 Å². The van der Waals surface area contributed by atoms with E-state index in [1.807, 2.05) is 25.1 Å². The first kappa shape index (κ1) is 15.4. The summed E-state index contributed by atoms with van der Waals surface area (Å²) in [7, 11) is 0. The van der Waals surface area contributed by atoms with Gasteiger partial charge in [0.1, 0.15) is 0 Å². The van der Waals surface area contributed by atoms with Gasteiger partial charge in [0.25, 0.3) is 0 Å². The van der Waals surface area contributed by atoms with Crippen LogP contribution in [0.4, 0.5) is 0 Å². The fourth-order valence-corrected chi connectivity index (χ4v) is 1.84. The van der Waals surface area contributed by atoms with Crippen LogP contribution in [0, 0.1) is 0 Å². The summed E-state index contributed by atoms with van der Waals surface area (Å²) < 4.78 is 1.94. The Kier molecular flexibility index (Phi) is 7.04. The Balaban J connectivity index is 0.00000196. The highest BCUT2D eigenvalue weighted by Crippen LogP contribution is 2.27. The Bertz CT molecular complexity index is 322. The number of aliphatic hydroxyl groups is 1. The van der Waals surface area contributed by atoms with Gasteiger partial charge in [0.15, 0.2) is 0 Å². The summed E-state index contributed by atoms with van der Waals surface area (Å²) >= 11 is 6.78. The van der Waals surface area contributed by atoms with Crippen molar-refractivity contribution in [3.05, 3.63) is 32.7 Å². The second kappa shape index (κ2) is 6.86. The average Bonchev–Trinajstić information content (AvgIpc) is 2.20. The van der Waals surface area contributed by atoms with E-state index in [-0.39, 0.29) is 18.4 Å². The highest BCUT2D eigenvalue weighted by molar-refractivity contribution is 9.13. The minimum atomic E-state index is -0.483. The second-order valence-electron chi connectivity index (χ2n) is 3.17. The van der Waals surface area contributed by atoms with Gasteiger partial charge in [0.05, 0.1) is 12.1 Å². The summed E-state index contributed by atoms with van der Waals surface area (Å²) in [6.07, 6.45) is 0.178. The standard InChI is InChI=1S/C10H13Br2NO.ClH/c1-2-9(14)10(13)6-3-4-7(11)8(12)5-6;/h3-5,9-10,14H,2,13H2,1H3;1H/t9-,10+;/m1./s1. The third-order valence-corrected chi connectivity index (χ3v) is 4.04. The fraction of sp³-hybridized carbons (Fsp3) is 0.400. The molecular formula is C10H14Br2ClNO. The lowest BCUT2D eigenvalue weighted by Crippen LogP contribution is -2.25. The lowest BCUT2D eigenvalue weighted by molar-refractivity contribution is 0.140. The van der Waals surface area contributed by atoms with Crippen LogP contribution in [0.25, 0.3) is 0 Å². The quantitative estimate of drug-likeness (QED) is 0.869. The van der Waals surface area contributed by atoms with Crippen molar-refractivity contribution in [2.75, 3.05) is 0 Å². The Morgan fingerprint density at radius 3 is 2.40 bits per heavy atom. The maximum absolute atomic E-state index is 9.59. The van der Waals surface area contributed by atoms with Gasteiger partial charge < -0.3 is 10.8 Å². The molecule has 0 radical (unpaired) electrons. The van der Waals surface area contributed by atoms with Gasteiger partial charge >= 0.3 is 0 Å². The monoisotopic (exact) mass is 357 g/mol. The SMILES string of the molecule is CC[C@@H](O)[C@@H](N)c1ccc(Br)c(Br)c1.Cl. The molecule has 0 aromatic heterocycles. The van der Waals surface area contributed by atoms with E-state index in [0.717, 1.165) is 14.5 Å². The topological polar surface area (TPSA) is 46.2 Å². The van der Waals surface area contributed by atoms with Gasteiger partial charge in [0.2, 0.25) is 0 Å². The van der Waals surface area contributed by atoms with Crippen molar-refractivity contribution in [3.63, 3.8) is 0 Å². The molecule has 5 heteroatoms. The molecule has 0 bridgehead atoms. The number of rotatable bonds is 3. The molecule has 2 atom stereocenters. The molecule has 0 saturated carbocycles. The molecule has 3 N–H and O–H groups in total. The number of hydrogen-bond acceptors (Lipinski definition) is 2. The van der Waals surface area contributed by atoms with Crippen LogP contribution in [0.5, 0.6) is 0 Å². The van der Waals surface area contributed by atoms with Crippen LogP contribution < -0.4 is 5.73 Å². The van der Waals surface area contributed by atoms with Crippen LogP contribution in [0.15, 0.2) is 27.1 Å². The molecule has 0 aliphatic heterocycles. The van der Waals surface area contributed by atoms with Crippen molar-refractivity contribution in [1.29, 1.82) is 0 Å². The van der Waals surface area contributed by atoms with Crippen molar-refractivity contribution in [2.24, 2.45) is 5.73 Å². The summed E-state index contributed by atoms with van der Waals surface area (Å²) in [5.74, 6) is 0. The molecule has 1 aromatic carbocycles. The molecule has 2 nitrogen and oxygen atoms in total. The van der Waals surface area contributed by atoms with Gasteiger partial charge in [-0.3, -0.25) is 0 Å². The molecule has 1 rings (SSSR count). The van der Waals surface area contributed by atoms with E-state index in [9.17, 15) is 5.11 Å². The number of aliphatic hydroxyl groups excluding tert-OH is 1. The number of nitrogens with two attached hydrogens (primary N) is 1. The van der Waals surface area contributed by atoms with Gasteiger partial charge in [0, 0.05) is 8.95 Å². The minimum Gasteiger partial charge on any atom is -0.391 e. The Morgan fingerprint density at radius 1 is 1.33 bits per heavy atom. The zero-order chi connectivity index (χ0) is 10.7. The molecule has 0 aliphatic carbocycles. The summed E-state index contributed by atoms with van der Waals surface area (Å²) in [5.41, 5.74) is 6.82.